The summed E-state index contributed by atoms with van der Waals surface area (Å²) in [5, 5.41) is 3.66. The van der Waals surface area contributed by atoms with Crippen molar-refractivity contribution < 1.29 is 4.79 Å². The third-order valence-electron chi connectivity index (χ3n) is 5.41. The van der Waals surface area contributed by atoms with Gasteiger partial charge in [0.25, 0.3) is 0 Å². The maximum Gasteiger partial charge on any atom is 0.234 e. The molecule has 2 aliphatic rings. The lowest BCUT2D eigenvalue weighted by atomic mass is 9.68. The highest BCUT2D eigenvalue weighted by Crippen LogP contribution is 2.65. The number of rotatable bonds is 2. The number of carbonyl (C=O) groups excluding carboxylic acids is 1. The first-order valence-corrected chi connectivity index (χ1v) is 7.51. The fourth-order valence-corrected chi connectivity index (χ4v) is 4.15. The van der Waals surface area contributed by atoms with E-state index in [1.165, 1.54) is 0 Å². The molecule has 2 fully saturated rings. The number of benzene rings is 1. The van der Waals surface area contributed by atoms with Gasteiger partial charge < -0.3 is 5.32 Å². The molecule has 1 aromatic carbocycles. The maximum absolute atomic E-state index is 12.8. The van der Waals surface area contributed by atoms with Gasteiger partial charge in [-0.1, -0.05) is 43.7 Å². The Morgan fingerprint density at radius 1 is 1.45 bits per heavy atom. The molecule has 0 heterocycles. The second kappa shape index (κ2) is 4.36. The van der Waals surface area contributed by atoms with Crippen LogP contribution in [0.2, 0.25) is 5.02 Å². The number of hydrogen-bond acceptors (Lipinski definition) is 1. The number of hydrogen-bond donors (Lipinski definition) is 1. The largest absolute Gasteiger partial charge is 0.325 e. The van der Waals surface area contributed by atoms with Gasteiger partial charge >= 0.3 is 0 Å². The standard InChI is InChI=1S/C17H20ClNO/c1-11-16(2,3)12-7-8-17(11,10-12)15(20)19-14-6-4-5-13(18)9-14/h4-6,9,12H,1,7-8,10H2,2-3H3,(H,19,20)/t12-,17+/m0/s1. The van der Waals surface area contributed by atoms with E-state index < -0.39 is 0 Å². The van der Waals surface area contributed by atoms with Crippen molar-refractivity contribution in [3.05, 3.63) is 41.4 Å². The van der Waals surface area contributed by atoms with Crippen LogP contribution in [0.25, 0.3) is 0 Å². The van der Waals surface area contributed by atoms with Gasteiger partial charge in [0.05, 0.1) is 5.41 Å². The van der Waals surface area contributed by atoms with Crippen LogP contribution < -0.4 is 5.32 Å². The van der Waals surface area contributed by atoms with E-state index in [2.05, 4.69) is 25.7 Å². The zero-order valence-electron chi connectivity index (χ0n) is 12.0. The van der Waals surface area contributed by atoms with Gasteiger partial charge in [-0.05, 0) is 48.8 Å². The normalized spacial score (nSPS) is 30.6. The Morgan fingerprint density at radius 2 is 2.20 bits per heavy atom. The molecule has 20 heavy (non-hydrogen) atoms. The van der Waals surface area contributed by atoms with Crippen LogP contribution in [0, 0.1) is 16.7 Å². The van der Waals surface area contributed by atoms with Crippen LogP contribution in [-0.2, 0) is 4.79 Å². The first kappa shape index (κ1) is 13.7. The predicted octanol–water partition coefficient (Wildman–Crippen LogP) is 4.66. The van der Waals surface area contributed by atoms with Crippen molar-refractivity contribution in [2.24, 2.45) is 16.7 Å². The van der Waals surface area contributed by atoms with E-state index in [0.717, 1.165) is 30.5 Å². The molecule has 0 saturated heterocycles. The molecule has 3 rings (SSSR count). The fraction of sp³-hybridized carbons (Fsp3) is 0.471. The lowest BCUT2D eigenvalue weighted by Crippen LogP contribution is -2.37. The van der Waals surface area contributed by atoms with Crippen molar-refractivity contribution >= 4 is 23.2 Å². The zero-order valence-corrected chi connectivity index (χ0v) is 12.8. The zero-order chi connectivity index (χ0) is 14.5. The summed E-state index contributed by atoms with van der Waals surface area (Å²) in [6.45, 7) is 8.69. The minimum Gasteiger partial charge on any atom is -0.325 e. The van der Waals surface area contributed by atoms with Gasteiger partial charge in [0.1, 0.15) is 0 Å². The van der Waals surface area contributed by atoms with Crippen LogP contribution in [-0.4, -0.2) is 5.91 Å². The third-order valence-corrected chi connectivity index (χ3v) is 5.64. The summed E-state index contributed by atoms with van der Waals surface area (Å²) in [5.74, 6) is 0.665. The number of anilines is 1. The van der Waals surface area contributed by atoms with E-state index in [4.69, 9.17) is 11.6 Å². The molecule has 2 saturated carbocycles. The smallest absolute Gasteiger partial charge is 0.234 e. The summed E-state index contributed by atoms with van der Waals surface area (Å²) in [6.07, 6.45) is 2.98. The summed E-state index contributed by atoms with van der Waals surface area (Å²) >= 11 is 5.97. The molecule has 0 unspecified atom stereocenters. The van der Waals surface area contributed by atoms with E-state index in [-0.39, 0.29) is 16.7 Å². The molecule has 106 valence electrons. The molecule has 0 aromatic heterocycles. The molecular weight excluding hydrogens is 270 g/mol. The highest BCUT2D eigenvalue weighted by Gasteiger charge is 2.60. The molecule has 2 bridgehead atoms. The Hall–Kier alpha value is -1.28. The molecule has 0 radical (unpaired) electrons. The average molecular weight is 290 g/mol. The van der Waals surface area contributed by atoms with E-state index in [9.17, 15) is 4.79 Å². The molecule has 2 atom stereocenters. The molecule has 1 N–H and O–H groups in total. The highest BCUT2D eigenvalue weighted by atomic mass is 35.5. The third kappa shape index (κ3) is 1.81. The molecule has 1 aromatic rings. The van der Waals surface area contributed by atoms with Crippen molar-refractivity contribution in [3.8, 4) is 0 Å². The van der Waals surface area contributed by atoms with Crippen molar-refractivity contribution in [1.29, 1.82) is 0 Å². The van der Waals surface area contributed by atoms with Crippen molar-refractivity contribution in [2.75, 3.05) is 5.32 Å². The monoisotopic (exact) mass is 289 g/mol. The molecule has 1 amide bonds. The topological polar surface area (TPSA) is 29.1 Å². The van der Waals surface area contributed by atoms with E-state index in [0.29, 0.717) is 10.9 Å². The minimum atomic E-state index is -0.378. The van der Waals surface area contributed by atoms with Gasteiger partial charge in [0.2, 0.25) is 5.91 Å². The summed E-state index contributed by atoms with van der Waals surface area (Å²) in [6, 6.07) is 7.31. The summed E-state index contributed by atoms with van der Waals surface area (Å²) in [5.41, 5.74) is 1.55. The van der Waals surface area contributed by atoms with Gasteiger partial charge in [-0.3, -0.25) is 4.79 Å². The molecule has 2 aliphatic carbocycles. The average Bonchev–Trinajstić information content (AvgIpc) is 2.90. The first-order chi connectivity index (χ1) is 9.36. The summed E-state index contributed by atoms with van der Waals surface area (Å²) in [7, 11) is 0. The lowest BCUT2D eigenvalue weighted by molar-refractivity contribution is -0.123. The van der Waals surface area contributed by atoms with Crippen LogP contribution in [0.1, 0.15) is 33.1 Å². The van der Waals surface area contributed by atoms with Crippen molar-refractivity contribution in [2.45, 2.75) is 33.1 Å². The minimum absolute atomic E-state index is 0.0733. The molecule has 3 heteroatoms. The first-order valence-electron chi connectivity index (χ1n) is 7.13. The van der Waals surface area contributed by atoms with Crippen molar-refractivity contribution in [1.82, 2.24) is 0 Å². The highest BCUT2D eigenvalue weighted by molar-refractivity contribution is 6.30. The van der Waals surface area contributed by atoms with E-state index in [1.807, 2.05) is 12.1 Å². The number of fused-ring (bicyclic) bond motifs is 2. The summed E-state index contributed by atoms with van der Waals surface area (Å²) in [4.78, 5) is 12.8. The second-order valence-electron chi connectivity index (χ2n) is 6.69. The Kier molecular flexibility index (Phi) is 2.98. The fourth-order valence-electron chi connectivity index (χ4n) is 3.96. The number of halogens is 1. The van der Waals surface area contributed by atoms with Crippen LogP contribution in [0.15, 0.2) is 36.4 Å². The van der Waals surface area contributed by atoms with Gasteiger partial charge in [-0.2, -0.15) is 0 Å². The maximum atomic E-state index is 12.8. The second-order valence-corrected chi connectivity index (χ2v) is 7.12. The van der Waals surface area contributed by atoms with Gasteiger partial charge in [-0.25, -0.2) is 0 Å². The SMILES string of the molecule is C=C1C(C)(C)[C@H]2CC[C@@]1(C(=O)Nc1cccc(Cl)c1)C2. The van der Waals surface area contributed by atoms with E-state index in [1.54, 1.807) is 12.1 Å². The van der Waals surface area contributed by atoms with Crippen LogP contribution in [0.5, 0.6) is 0 Å². The number of nitrogens with one attached hydrogen (secondary N) is 1. The van der Waals surface area contributed by atoms with Gasteiger partial charge in [-0.15, -0.1) is 0 Å². The molecule has 2 nitrogen and oxygen atoms in total. The van der Waals surface area contributed by atoms with Crippen LogP contribution in [0.3, 0.4) is 0 Å². The predicted molar refractivity (Wildman–Crippen MR) is 82.8 cm³/mol. The number of amides is 1. The lowest BCUT2D eigenvalue weighted by Gasteiger charge is -2.37. The Labute approximate surface area is 125 Å². The van der Waals surface area contributed by atoms with Crippen molar-refractivity contribution in [3.63, 3.8) is 0 Å². The molecule has 0 aliphatic heterocycles. The van der Waals surface area contributed by atoms with Gasteiger partial charge in [0, 0.05) is 10.7 Å². The Balaban J connectivity index is 1.86. The Bertz CT molecular complexity index is 592. The summed E-state index contributed by atoms with van der Waals surface area (Å²) < 4.78 is 0. The molecule has 0 spiro atoms. The van der Waals surface area contributed by atoms with E-state index >= 15 is 0 Å². The Morgan fingerprint density at radius 3 is 2.80 bits per heavy atom. The number of carbonyl (C=O) groups is 1. The van der Waals surface area contributed by atoms with Crippen LogP contribution >= 0.6 is 11.6 Å². The quantitative estimate of drug-likeness (QED) is 0.788. The molecular formula is C17H20ClNO. The van der Waals surface area contributed by atoms with Gasteiger partial charge in [0.15, 0.2) is 0 Å². The van der Waals surface area contributed by atoms with Crippen LogP contribution in [0.4, 0.5) is 5.69 Å².